The van der Waals surface area contributed by atoms with Gasteiger partial charge in [0.2, 0.25) is 0 Å². The molecule has 1 nitrogen and oxygen atoms in total. The molecule has 2 rings (SSSR count). The molecule has 0 saturated carbocycles. The molecule has 2 aromatic rings. The van der Waals surface area contributed by atoms with Crippen molar-refractivity contribution in [2.45, 2.75) is 51.3 Å². The first-order valence-corrected chi connectivity index (χ1v) is 15.8. The van der Waals surface area contributed by atoms with Crippen LogP contribution in [0.4, 0.5) is 0 Å². The van der Waals surface area contributed by atoms with Crippen LogP contribution >= 0.6 is 0 Å². The van der Waals surface area contributed by atoms with Gasteiger partial charge in [-0.3, -0.25) is 0 Å². The van der Waals surface area contributed by atoms with E-state index in [1.165, 1.54) is 11.1 Å². The van der Waals surface area contributed by atoms with Gasteiger partial charge in [-0.25, -0.2) is 0 Å². The summed E-state index contributed by atoms with van der Waals surface area (Å²) >= 11 is 0. The molecule has 132 valence electrons. The summed E-state index contributed by atoms with van der Waals surface area (Å²) in [6.45, 7) is 13.6. The van der Waals surface area contributed by atoms with Gasteiger partial charge in [-0.2, -0.15) is 0 Å². The SMILES string of the molecule is C[Si](C)(C)C#CCC(O[Si](C)(C)C)(c1ccccc1)c1ccccc1. The van der Waals surface area contributed by atoms with Crippen molar-refractivity contribution >= 4 is 16.4 Å². The van der Waals surface area contributed by atoms with Crippen LogP contribution in [0.1, 0.15) is 17.5 Å². The molecule has 0 heterocycles. The second kappa shape index (κ2) is 7.74. The molecule has 3 heteroatoms. The molecule has 0 atom stereocenters. The average Bonchev–Trinajstić information content (AvgIpc) is 2.53. The molecule has 0 aromatic heterocycles. The maximum atomic E-state index is 6.86. The highest BCUT2D eigenvalue weighted by Gasteiger charge is 2.38. The number of rotatable bonds is 5. The first-order chi connectivity index (χ1) is 11.6. The number of hydrogen-bond donors (Lipinski definition) is 0. The van der Waals surface area contributed by atoms with Crippen LogP contribution in [0.15, 0.2) is 60.7 Å². The van der Waals surface area contributed by atoms with Crippen molar-refractivity contribution in [1.82, 2.24) is 0 Å². The van der Waals surface area contributed by atoms with E-state index < -0.39 is 22.0 Å². The number of hydrogen-bond acceptors (Lipinski definition) is 1. The molecule has 0 aliphatic heterocycles. The van der Waals surface area contributed by atoms with Gasteiger partial charge >= 0.3 is 0 Å². The largest absolute Gasteiger partial charge is 0.403 e. The van der Waals surface area contributed by atoms with Gasteiger partial charge in [0.1, 0.15) is 13.7 Å². The van der Waals surface area contributed by atoms with Gasteiger partial charge in [0.25, 0.3) is 0 Å². The fourth-order valence-corrected chi connectivity index (χ4v) is 4.87. The van der Waals surface area contributed by atoms with Gasteiger partial charge in [0.15, 0.2) is 8.32 Å². The van der Waals surface area contributed by atoms with Crippen LogP contribution < -0.4 is 0 Å². The van der Waals surface area contributed by atoms with Gasteiger partial charge in [-0.05, 0) is 30.8 Å². The Morgan fingerprint density at radius 1 is 0.760 bits per heavy atom. The Hall–Kier alpha value is -1.61. The van der Waals surface area contributed by atoms with E-state index >= 15 is 0 Å². The Bertz CT molecular complexity index is 689. The first kappa shape index (κ1) is 19.7. The van der Waals surface area contributed by atoms with Crippen LogP contribution in [0, 0.1) is 11.5 Å². The van der Waals surface area contributed by atoms with Crippen molar-refractivity contribution in [2.24, 2.45) is 0 Å². The molecular weight excluding hydrogens is 336 g/mol. The van der Waals surface area contributed by atoms with Gasteiger partial charge in [0, 0.05) is 6.42 Å². The van der Waals surface area contributed by atoms with Crippen LogP contribution in [0.5, 0.6) is 0 Å². The lowest BCUT2D eigenvalue weighted by atomic mass is 9.84. The van der Waals surface area contributed by atoms with E-state index in [1.54, 1.807) is 0 Å². The molecule has 0 spiro atoms. The highest BCUT2D eigenvalue weighted by atomic mass is 28.4. The molecule has 0 radical (unpaired) electrons. The lowest BCUT2D eigenvalue weighted by Crippen LogP contribution is -2.41. The van der Waals surface area contributed by atoms with E-state index in [0.717, 1.165) is 0 Å². The minimum Gasteiger partial charge on any atom is -0.403 e. The predicted molar refractivity (Wildman–Crippen MR) is 114 cm³/mol. The Morgan fingerprint density at radius 2 is 1.20 bits per heavy atom. The fraction of sp³-hybridized carbons (Fsp3) is 0.364. The molecule has 0 amide bonds. The number of benzene rings is 2. The Labute approximate surface area is 155 Å². The summed E-state index contributed by atoms with van der Waals surface area (Å²) in [6.07, 6.45) is 0.690. The van der Waals surface area contributed by atoms with Crippen LogP contribution in [-0.2, 0) is 10.0 Å². The maximum absolute atomic E-state index is 6.86. The Morgan fingerprint density at radius 3 is 1.56 bits per heavy atom. The summed E-state index contributed by atoms with van der Waals surface area (Å²) in [6, 6.07) is 21.2. The first-order valence-electron chi connectivity index (χ1n) is 8.94. The highest BCUT2D eigenvalue weighted by molar-refractivity contribution is 6.83. The lowest BCUT2D eigenvalue weighted by molar-refractivity contribution is 0.108. The summed E-state index contributed by atoms with van der Waals surface area (Å²) in [7, 11) is -3.23. The molecule has 0 saturated heterocycles. The minimum atomic E-state index is -1.81. The Kier molecular flexibility index (Phi) is 6.10. The minimum absolute atomic E-state index is 0.500. The van der Waals surface area contributed by atoms with E-state index in [1.807, 2.05) is 0 Å². The van der Waals surface area contributed by atoms with E-state index in [9.17, 15) is 0 Å². The molecule has 0 fully saturated rings. The molecule has 25 heavy (non-hydrogen) atoms. The normalized spacial score (nSPS) is 12.4. The fourth-order valence-electron chi connectivity index (χ4n) is 2.90. The van der Waals surface area contributed by atoms with Crippen molar-refractivity contribution < 1.29 is 4.43 Å². The van der Waals surface area contributed by atoms with Crippen molar-refractivity contribution in [3.05, 3.63) is 71.8 Å². The summed E-state index contributed by atoms with van der Waals surface area (Å²) in [4.78, 5) is 0. The van der Waals surface area contributed by atoms with E-state index in [4.69, 9.17) is 4.43 Å². The second-order valence-corrected chi connectivity index (χ2v) is 17.7. The molecular formula is C22H30OSi2. The second-order valence-electron chi connectivity index (χ2n) is 8.50. The lowest BCUT2D eigenvalue weighted by Gasteiger charge is -2.39. The van der Waals surface area contributed by atoms with Gasteiger partial charge < -0.3 is 4.43 Å². The zero-order valence-electron chi connectivity index (χ0n) is 16.4. The predicted octanol–water partition coefficient (Wildman–Crippen LogP) is 6.05. The van der Waals surface area contributed by atoms with Gasteiger partial charge in [-0.1, -0.05) is 80.3 Å². The average molecular weight is 367 g/mol. The van der Waals surface area contributed by atoms with Crippen molar-refractivity contribution in [3.63, 3.8) is 0 Å². The quantitative estimate of drug-likeness (QED) is 0.462. The summed E-state index contributed by atoms with van der Waals surface area (Å²) in [5.41, 5.74) is 5.40. The maximum Gasteiger partial charge on any atom is 0.185 e. The van der Waals surface area contributed by atoms with E-state index in [0.29, 0.717) is 6.42 Å². The highest BCUT2D eigenvalue weighted by Crippen LogP contribution is 2.39. The summed E-state index contributed by atoms with van der Waals surface area (Å²) in [5.74, 6) is 3.49. The van der Waals surface area contributed by atoms with Crippen molar-refractivity contribution in [1.29, 1.82) is 0 Å². The van der Waals surface area contributed by atoms with Gasteiger partial charge in [-0.15, -0.1) is 11.5 Å². The zero-order valence-corrected chi connectivity index (χ0v) is 18.4. The van der Waals surface area contributed by atoms with Crippen LogP contribution in [0.25, 0.3) is 0 Å². The molecule has 0 aliphatic carbocycles. The molecule has 0 aliphatic rings. The monoisotopic (exact) mass is 366 g/mol. The third-order valence-electron chi connectivity index (χ3n) is 3.76. The summed E-state index contributed by atoms with van der Waals surface area (Å²) in [5, 5.41) is 0. The molecule has 2 aromatic carbocycles. The third-order valence-corrected chi connectivity index (χ3v) is 5.65. The van der Waals surface area contributed by atoms with Crippen molar-refractivity contribution in [2.75, 3.05) is 0 Å². The van der Waals surface area contributed by atoms with Crippen LogP contribution in [0.3, 0.4) is 0 Å². The summed E-state index contributed by atoms with van der Waals surface area (Å²) < 4.78 is 6.86. The topological polar surface area (TPSA) is 9.23 Å². The standard InChI is InChI=1S/C22H30OSi2/c1-24(2,3)19-13-18-22(23-25(4,5)6,20-14-9-7-10-15-20)21-16-11-8-12-17-21/h7-12,14-17H,18H2,1-6H3. The van der Waals surface area contributed by atoms with E-state index in [2.05, 4.69) is 111 Å². The zero-order chi connectivity index (χ0) is 18.6. The third kappa shape index (κ3) is 5.71. The Balaban J connectivity index is 2.63. The van der Waals surface area contributed by atoms with E-state index in [-0.39, 0.29) is 0 Å². The molecule has 0 bridgehead atoms. The smallest absolute Gasteiger partial charge is 0.185 e. The molecule has 0 unspecified atom stereocenters. The van der Waals surface area contributed by atoms with Crippen molar-refractivity contribution in [3.8, 4) is 11.5 Å². The molecule has 0 N–H and O–H groups in total. The van der Waals surface area contributed by atoms with Gasteiger partial charge in [0.05, 0.1) is 0 Å². The van der Waals surface area contributed by atoms with Crippen LogP contribution in [0.2, 0.25) is 39.3 Å². The van der Waals surface area contributed by atoms with Crippen LogP contribution in [-0.4, -0.2) is 16.4 Å².